The largest absolute Gasteiger partial charge is 0.481 e. The van der Waals surface area contributed by atoms with Crippen LogP contribution in [0.3, 0.4) is 0 Å². The maximum atomic E-state index is 13.6. The summed E-state index contributed by atoms with van der Waals surface area (Å²) < 4.78 is 0. The number of amides is 1. The van der Waals surface area contributed by atoms with Crippen molar-refractivity contribution in [2.75, 3.05) is 19.6 Å². The van der Waals surface area contributed by atoms with Gasteiger partial charge < -0.3 is 15.3 Å². The Kier molecular flexibility index (Phi) is 7.85. The van der Waals surface area contributed by atoms with E-state index in [0.29, 0.717) is 30.1 Å². The Labute approximate surface area is 224 Å². The summed E-state index contributed by atoms with van der Waals surface area (Å²) in [6.07, 6.45) is 0.720. The molecule has 0 radical (unpaired) electrons. The van der Waals surface area contributed by atoms with E-state index in [1.54, 1.807) is 24.3 Å². The van der Waals surface area contributed by atoms with Crippen LogP contribution in [0.25, 0.3) is 10.8 Å². The van der Waals surface area contributed by atoms with Gasteiger partial charge in [0.25, 0.3) is 5.91 Å². The molecule has 0 bridgehead atoms. The summed E-state index contributed by atoms with van der Waals surface area (Å²) in [7, 11) is 0. The van der Waals surface area contributed by atoms with Gasteiger partial charge >= 0.3 is 5.97 Å². The van der Waals surface area contributed by atoms with Crippen LogP contribution in [0.5, 0.6) is 0 Å². The molecule has 1 amide bonds. The Morgan fingerprint density at radius 2 is 1.63 bits per heavy atom. The maximum Gasteiger partial charge on any atom is 0.307 e. The van der Waals surface area contributed by atoms with Crippen molar-refractivity contribution in [1.82, 2.24) is 10.2 Å². The third kappa shape index (κ3) is 5.63. The zero-order valence-electron chi connectivity index (χ0n) is 21.7. The second kappa shape index (κ2) is 11.6. The molecule has 2 N–H and O–H groups in total. The number of carboxylic acid groups (broad SMARTS) is 1. The van der Waals surface area contributed by atoms with Crippen LogP contribution in [-0.4, -0.2) is 41.5 Å². The van der Waals surface area contributed by atoms with Gasteiger partial charge in [-0.25, -0.2) is 0 Å². The average molecular weight is 507 g/mol. The number of nitrogens with zero attached hydrogens (tertiary/aromatic N) is 1. The van der Waals surface area contributed by atoms with Crippen molar-refractivity contribution in [3.05, 3.63) is 119 Å². The van der Waals surface area contributed by atoms with E-state index >= 15 is 0 Å². The van der Waals surface area contributed by atoms with Gasteiger partial charge in [-0.15, -0.1) is 0 Å². The molecule has 0 saturated carbocycles. The van der Waals surface area contributed by atoms with E-state index in [1.807, 2.05) is 11.0 Å². The van der Waals surface area contributed by atoms with Gasteiger partial charge in [-0.3, -0.25) is 9.59 Å². The molecule has 3 atom stereocenters. The van der Waals surface area contributed by atoms with Crippen molar-refractivity contribution in [2.45, 2.75) is 31.7 Å². The lowest BCUT2D eigenvalue weighted by atomic mass is 9.80. The van der Waals surface area contributed by atoms with E-state index in [2.05, 4.69) is 79.0 Å². The smallest absolute Gasteiger partial charge is 0.307 e. The Morgan fingerprint density at radius 3 is 2.45 bits per heavy atom. The van der Waals surface area contributed by atoms with Gasteiger partial charge in [0, 0.05) is 30.6 Å². The molecule has 1 saturated heterocycles. The van der Waals surface area contributed by atoms with Gasteiger partial charge in [0.1, 0.15) is 0 Å². The molecule has 2 unspecified atom stereocenters. The Balaban J connectivity index is 1.34. The fourth-order valence-corrected chi connectivity index (χ4v) is 5.79. The number of carbonyl (C=O) groups excluding carboxylic acids is 1. The number of hydrogen-bond acceptors (Lipinski definition) is 3. The summed E-state index contributed by atoms with van der Waals surface area (Å²) in [5.74, 6) is -0.461. The Bertz CT molecular complexity index is 1410. The average Bonchev–Trinajstić information content (AvgIpc) is 2.95. The quantitative estimate of drug-likeness (QED) is 0.305. The van der Waals surface area contributed by atoms with Gasteiger partial charge in [-0.05, 0) is 59.3 Å². The van der Waals surface area contributed by atoms with Gasteiger partial charge in [0.2, 0.25) is 0 Å². The minimum Gasteiger partial charge on any atom is -0.481 e. The second-order valence-electron chi connectivity index (χ2n) is 10.2. The van der Waals surface area contributed by atoms with Crippen LogP contribution in [0.1, 0.15) is 52.4 Å². The number of nitrogens with one attached hydrogen (secondary N) is 1. The molecule has 4 aromatic carbocycles. The van der Waals surface area contributed by atoms with Crippen molar-refractivity contribution >= 4 is 22.6 Å². The molecule has 5 rings (SSSR count). The van der Waals surface area contributed by atoms with Crippen molar-refractivity contribution in [3.8, 4) is 0 Å². The number of fused-ring (bicyclic) bond motifs is 1. The molecule has 1 aliphatic rings. The lowest BCUT2D eigenvalue weighted by Crippen LogP contribution is -2.45. The van der Waals surface area contributed by atoms with Crippen LogP contribution >= 0.6 is 0 Å². The molecule has 1 heterocycles. The molecule has 1 fully saturated rings. The highest BCUT2D eigenvalue weighted by molar-refractivity contribution is 5.96. The van der Waals surface area contributed by atoms with Gasteiger partial charge in [0.15, 0.2) is 0 Å². The molecule has 1 aliphatic heterocycles. The van der Waals surface area contributed by atoms with Crippen molar-refractivity contribution in [2.24, 2.45) is 5.92 Å². The van der Waals surface area contributed by atoms with Gasteiger partial charge in [-0.1, -0.05) is 91.0 Å². The van der Waals surface area contributed by atoms with Crippen molar-refractivity contribution < 1.29 is 14.7 Å². The number of carboxylic acids is 1. The van der Waals surface area contributed by atoms with E-state index in [4.69, 9.17) is 0 Å². The molecule has 5 heteroatoms. The van der Waals surface area contributed by atoms with E-state index in [1.165, 1.54) is 21.9 Å². The molecule has 5 nitrogen and oxygen atoms in total. The Hall–Kier alpha value is -3.96. The molecule has 4 aromatic rings. The van der Waals surface area contributed by atoms with Crippen LogP contribution in [0.2, 0.25) is 0 Å². The molecule has 0 aliphatic carbocycles. The highest BCUT2D eigenvalue weighted by Gasteiger charge is 2.33. The van der Waals surface area contributed by atoms with Crippen molar-refractivity contribution in [3.63, 3.8) is 0 Å². The van der Waals surface area contributed by atoms with Crippen LogP contribution in [0, 0.1) is 5.92 Å². The first-order valence-corrected chi connectivity index (χ1v) is 13.4. The lowest BCUT2D eigenvalue weighted by molar-refractivity contribution is -0.136. The third-order valence-corrected chi connectivity index (χ3v) is 7.84. The topological polar surface area (TPSA) is 69.6 Å². The maximum absolute atomic E-state index is 13.6. The minimum absolute atomic E-state index is 0.0849. The number of likely N-dealkylation sites (tertiary alicyclic amines) is 1. The summed E-state index contributed by atoms with van der Waals surface area (Å²) in [4.78, 5) is 26.9. The van der Waals surface area contributed by atoms with Crippen LogP contribution in [0.15, 0.2) is 97.1 Å². The number of hydrogen-bond donors (Lipinski definition) is 2. The number of piperidine rings is 1. The third-order valence-electron chi connectivity index (χ3n) is 7.84. The molecule has 194 valence electrons. The molecular weight excluding hydrogens is 472 g/mol. The van der Waals surface area contributed by atoms with Crippen molar-refractivity contribution in [1.29, 1.82) is 0 Å². The van der Waals surface area contributed by atoms with Crippen LogP contribution in [0.4, 0.5) is 0 Å². The van der Waals surface area contributed by atoms with Crippen LogP contribution < -0.4 is 5.32 Å². The first-order chi connectivity index (χ1) is 18.5. The molecular formula is C33H34N2O3. The first-order valence-electron chi connectivity index (χ1n) is 13.4. The lowest BCUT2D eigenvalue weighted by Gasteiger charge is -2.40. The zero-order valence-corrected chi connectivity index (χ0v) is 21.7. The van der Waals surface area contributed by atoms with E-state index in [0.717, 1.165) is 13.0 Å². The predicted molar refractivity (Wildman–Crippen MR) is 151 cm³/mol. The summed E-state index contributed by atoms with van der Waals surface area (Å²) in [5, 5.41) is 15.6. The number of aliphatic carboxylic acids is 1. The Morgan fingerprint density at radius 1 is 0.921 bits per heavy atom. The van der Waals surface area contributed by atoms with Gasteiger partial charge in [-0.2, -0.15) is 0 Å². The molecule has 0 aromatic heterocycles. The summed E-state index contributed by atoms with van der Waals surface area (Å²) in [6, 6.07) is 32.7. The van der Waals surface area contributed by atoms with Crippen LogP contribution in [-0.2, 0) is 11.2 Å². The van der Waals surface area contributed by atoms with E-state index in [9.17, 15) is 14.7 Å². The number of benzene rings is 4. The summed E-state index contributed by atoms with van der Waals surface area (Å²) in [5.41, 5.74) is 3.58. The standard InChI is InChI=1S/C33H34N2O3/c1-23(28-17-9-14-24-12-5-7-15-29(24)28)34-21-27-18-19-35(22-31(27)25-10-3-2-4-11-25)33(38)30-16-8-6-13-26(30)20-32(36)37/h2-17,23,27,31,34H,18-22H2,1H3,(H,36,37)/t23-,27?,31?/m1/s1. The number of carbonyl (C=O) groups is 2. The SMILES string of the molecule is C[C@@H](NCC1CCN(C(=O)c2ccccc2CC(=O)O)CC1c1ccccc1)c1cccc2ccccc12. The van der Waals surface area contributed by atoms with E-state index < -0.39 is 5.97 Å². The second-order valence-corrected chi connectivity index (χ2v) is 10.2. The summed E-state index contributed by atoms with van der Waals surface area (Å²) >= 11 is 0. The van der Waals surface area contributed by atoms with E-state index in [-0.39, 0.29) is 24.3 Å². The predicted octanol–water partition coefficient (Wildman–Crippen LogP) is 6.06. The van der Waals surface area contributed by atoms with Gasteiger partial charge in [0.05, 0.1) is 6.42 Å². The zero-order chi connectivity index (χ0) is 26.5. The first kappa shape index (κ1) is 25.7. The highest BCUT2D eigenvalue weighted by Crippen LogP contribution is 2.34. The normalized spacial score (nSPS) is 18.3. The molecule has 38 heavy (non-hydrogen) atoms. The number of rotatable bonds is 8. The highest BCUT2D eigenvalue weighted by atomic mass is 16.4. The fourth-order valence-electron chi connectivity index (χ4n) is 5.79. The monoisotopic (exact) mass is 506 g/mol. The fraction of sp³-hybridized carbons (Fsp3) is 0.273. The molecule has 0 spiro atoms. The minimum atomic E-state index is -0.933. The summed E-state index contributed by atoms with van der Waals surface area (Å²) in [6.45, 7) is 4.33.